The van der Waals surface area contributed by atoms with Gasteiger partial charge in [0.05, 0.1) is 19.8 Å². The van der Waals surface area contributed by atoms with Gasteiger partial charge in [0, 0.05) is 13.0 Å². The van der Waals surface area contributed by atoms with E-state index in [-0.39, 0.29) is 19.6 Å². The van der Waals surface area contributed by atoms with E-state index in [0.29, 0.717) is 13.0 Å². The van der Waals surface area contributed by atoms with Gasteiger partial charge in [0.1, 0.15) is 30.5 Å². The summed E-state index contributed by atoms with van der Waals surface area (Å²) in [5, 5.41) is 30.6. The van der Waals surface area contributed by atoms with Gasteiger partial charge in [-0.2, -0.15) is 8.42 Å². The Morgan fingerprint density at radius 2 is 1.13 bits per heavy atom. The van der Waals surface area contributed by atoms with Crippen molar-refractivity contribution in [2.45, 2.75) is 198 Å². The van der Waals surface area contributed by atoms with Gasteiger partial charge in [-0.3, -0.25) is 9.35 Å². The molecule has 0 radical (unpaired) electrons. The summed E-state index contributed by atoms with van der Waals surface area (Å²) in [6.45, 7) is 3.82. The maximum Gasteiger partial charge on any atom is 0.397 e. The van der Waals surface area contributed by atoms with Crippen LogP contribution in [0.4, 0.5) is 0 Å². The molecule has 4 N–H and O–H groups in total. The molecule has 12 nitrogen and oxygen atoms in total. The van der Waals surface area contributed by atoms with Crippen LogP contribution in [0.2, 0.25) is 0 Å². The Morgan fingerprint density at radius 3 is 1.66 bits per heavy atom. The number of carbonyl (C=O) groups excluding carboxylic acids is 1. The second-order valence-electron chi connectivity index (χ2n) is 15.6. The smallest absolute Gasteiger partial charge is 0.397 e. The predicted molar refractivity (Wildman–Crippen MR) is 243 cm³/mol. The highest BCUT2D eigenvalue weighted by Crippen LogP contribution is 2.26. The first-order valence-electron chi connectivity index (χ1n) is 23.2. The number of allylic oxidation sites excluding steroid dienone is 12. The number of unbranched alkanes of at least 4 members (excludes halogenated alkanes) is 14. The maximum absolute atomic E-state index is 12.8. The molecule has 0 bridgehead atoms. The minimum Gasteiger partial charge on any atom is -0.457 e. The fraction of sp³-hybridized carbons (Fsp3) is 0.729. The molecule has 1 aliphatic heterocycles. The lowest BCUT2D eigenvalue weighted by atomic mass is 9.99. The van der Waals surface area contributed by atoms with E-state index in [2.05, 4.69) is 90.9 Å². The number of rotatable bonds is 39. The molecule has 0 spiro atoms. The molecule has 0 aromatic heterocycles. The van der Waals surface area contributed by atoms with Crippen LogP contribution in [0.5, 0.6) is 0 Å². The van der Waals surface area contributed by atoms with Gasteiger partial charge in [0.25, 0.3) is 0 Å². The molecule has 1 saturated heterocycles. The Bertz CT molecular complexity index is 1340. The third kappa shape index (κ3) is 32.8. The number of aliphatic hydroxyl groups is 3. The van der Waals surface area contributed by atoms with Crippen LogP contribution >= 0.6 is 0 Å². The van der Waals surface area contributed by atoms with Gasteiger partial charge in [0.15, 0.2) is 6.29 Å². The lowest BCUT2D eigenvalue weighted by molar-refractivity contribution is -0.301. The van der Waals surface area contributed by atoms with Gasteiger partial charge in [-0.25, -0.2) is 4.18 Å². The van der Waals surface area contributed by atoms with Crippen LogP contribution in [-0.2, 0) is 38.3 Å². The topological polar surface area (TPSA) is 178 Å². The van der Waals surface area contributed by atoms with Crippen LogP contribution in [0, 0.1) is 0 Å². The van der Waals surface area contributed by atoms with Crippen molar-refractivity contribution in [1.29, 1.82) is 0 Å². The Hall–Kier alpha value is -2.46. The monoisotopic (exact) mass is 883 g/mol. The quantitative estimate of drug-likeness (QED) is 0.0199. The number of ether oxygens (including phenoxy) is 4. The molecule has 0 saturated carbocycles. The van der Waals surface area contributed by atoms with Crippen LogP contribution in [-0.4, -0.2) is 97.5 Å². The van der Waals surface area contributed by atoms with E-state index >= 15 is 0 Å². The predicted octanol–water partition coefficient (Wildman–Crippen LogP) is 9.91. The fourth-order valence-electron chi connectivity index (χ4n) is 6.62. The Morgan fingerprint density at radius 1 is 0.639 bits per heavy atom. The molecule has 1 rings (SSSR count). The van der Waals surface area contributed by atoms with Crippen LogP contribution in [0.3, 0.4) is 0 Å². The van der Waals surface area contributed by atoms with Crippen molar-refractivity contribution >= 4 is 16.4 Å². The normalized spacial score (nSPS) is 20.8. The molecule has 0 aromatic rings. The lowest BCUT2D eigenvalue weighted by Gasteiger charge is -2.41. The molecule has 61 heavy (non-hydrogen) atoms. The van der Waals surface area contributed by atoms with E-state index in [1.165, 1.54) is 51.4 Å². The van der Waals surface area contributed by atoms with Crippen LogP contribution in [0.1, 0.15) is 162 Å². The Labute approximate surface area is 369 Å². The number of carbonyl (C=O) groups is 1. The average molecular weight is 883 g/mol. The molecule has 6 unspecified atom stereocenters. The van der Waals surface area contributed by atoms with E-state index < -0.39 is 59.8 Å². The van der Waals surface area contributed by atoms with E-state index in [1.807, 2.05) is 0 Å². The van der Waals surface area contributed by atoms with Crippen molar-refractivity contribution in [1.82, 2.24) is 0 Å². The lowest BCUT2D eigenvalue weighted by Crippen LogP contribution is -2.60. The minimum atomic E-state index is -5.07. The first kappa shape index (κ1) is 56.6. The number of aliphatic hydroxyl groups excluding tert-OH is 3. The van der Waals surface area contributed by atoms with E-state index in [0.717, 1.165) is 83.5 Å². The summed E-state index contributed by atoms with van der Waals surface area (Å²) >= 11 is 0. The molecular weight excluding hydrogens is 801 g/mol. The molecule has 6 atom stereocenters. The highest BCUT2D eigenvalue weighted by molar-refractivity contribution is 7.80. The SMILES string of the molecule is CC/C=C\C/C=C\C/C=C\C/C=C\C/C=C\C/C=C\CCCCCCC(=O)OC(COCCCCCCCCCCCCC)COC1OC(CO)C(O)C(OS(=O)(=O)O)C1O. The highest BCUT2D eigenvalue weighted by atomic mass is 32.3. The fourth-order valence-corrected chi connectivity index (χ4v) is 7.12. The molecule has 0 aliphatic carbocycles. The van der Waals surface area contributed by atoms with E-state index in [1.54, 1.807) is 0 Å². The second kappa shape index (κ2) is 39.2. The molecule has 0 amide bonds. The van der Waals surface area contributed by atoms with Crippen molar-refractivity contribution in [3.63, 3.8) is 0 Å². The van der Waals surface area contributed by atoms with E-state index in [4.69, 9.17) is 23.5 Å². The summed E-state index contributed by atoms with van der Waals surface area (Å²) in [5.41, 5.74) is 0. The zero-order valence-electron chi connectivity index (χ0n) is 37.4. The molecule has 352 valence electrons. The molecule has 0 aromatic carbocycles. The zero-order chi connectivity index (χ0) is 44.7. The number of hydrogen-bond donors (Lipinski definition) is 4. The summed E-state index contributed by atoms with van der Waals surface area (Å²) < 4.78 is 59.0. The van der Waals surface area contributed by atoms with Crippen molar-refractivity contribution in [2.75, 3.05) is 26.4 Å². The van der Waals surface area contributed by atoms with Crippen LogP contribution in [0.15, 0.2) is 72.9 Å². The second-order valence-corrected chi connectivity index (χ2v) is 16.7. The van der Waals surface area contributed by atoms with Crippen LogP contribution < -0.4 is 0 Å². The minimum absolute atomic E-state index is 0.0231. The van der Waals surface area contributed by atoms with Crippen molar-refractivity contribution in [3.05, 3.63) is 72.9 Å². The van der Waals surface area contributed by atoms with E-state index in [9.17, 15) is 28.5 Å². The Kier molecular flexibility index (Phi) is 36.3. The average Bonchev–Trinajstić information content (AvgIpc) is 3.23. The first-order chi connectivity index (χ1) is 29.6. The molecular formula is C48H82O12S. The van der Waals surface area contributed by atoms with Gasteiger partial charge in [-0.05, 0) is 64.2 Å². The van der Waals surface area contributed by atoms with Crippen LogP contribution in [0.25, 0.3) is 0 Å². The summed E-state index contributed by atoms with van der Waals surface area (Å²) in [6.07, 6.45) is 40.8. The Balaban J connectivity index is 2.41. The zero-order valence-corrected chi connectivity index (χ0v) is 38.3. The molecule has 1 fully saturated rings. The number of hydrogen-bond acceptors (Lipinski definition) is 11. The van der Waals surface area contributed by atoms with Gasteiger partial charge in [-0.15, -0.1) is 0 Å². The van der Waals surface area contributed by atoms with Gasteiger partial charge in [0.2, 0.25) is 0 Å². The summed E-state index contributed by atoms with van der Waals surface area (Å²) in [7, 11) is -5.07. The van der Waals surface area contributed by atoms with Gasteiger partial charge in [-0.1, -0.05) is 164 Å². The van der Waals surface area contributed by atoms with Crippen molar-refractivity contribution in [3.8, 4) is 0 Å². The van der Waals surface area contributed by atoms with Gasteiger partial charge < -0.3 is 34.3 Å². The highest BCUT2D eigenvalue weighted by Gasteiger charge is 2.48. The van der Waals surface area contributed by atoms with Crippen molar-refractivity contribution < 1.29 is 56.2 Å². The first-order valence-corrected chi connectivity index (χ1v) is 24.6. The summed E-state index contributed by atoms with van der Waals surface area (Å²) in [6, 6.07) is 0. The summed E-state index contributed by atoms with van der Waals surface area (Å²) in [5.74, 6) is -0.426. The van der Waals surface area contributed by atoms with Crippen molar-refractivity contribution in [2.24, 2.45) is 0 Å². The molecule has 13 heteroatoms. The maximum atomic E-state index is 12.8. The summed E-state index contributed by atoms with van der Waals surface area (Å²) in [4.78, 5) is 12.8. The third-order valence-corrected chi connectivity index (χ3v) is 10.6. The third-order valence-electron chi connectivity index (χ3n) is 10.1. The largest absolute Gasteiger partial charge is 0.457 e. The number of esters is 1. The molecule has 1 aliphatic rings. The molecule has 1 heterocycles. The standard InChI is InChI=1S/C48H82O12S/c1-3-5-7-9-11-13-15-16-17-18-19-20-21-22-23-24-25-26-27-29-31-33-35-37-44(50)58-42(40-56-38-36-34-32-30-28-14-12-10-8-6-4-2)41-57-48-46(52)47(60-61(53,54)55)45(51)43(39-49)59-48/h5,7,11,13,16-17,19-20,22-23,25-26,42-43,45-49,51-52H,3-4,6,8-10,12,14-15,18,21,24,27-41H2,1-2H3,(H,53,54,55)/b7-5-,13-11-,17-16-,20-19-,23-22-,26-25-. The van der Waals surface area contributed by atoms with Gasteiger partial charge >= 0.3 is 16.4 Å².